The van der Waals surface area contributed by atoms with Crippen LogP contribution < -0.4 is 5.32 Å². The van der Waals surface area contributed by atoms with Crippen LogP contribution in [0.1, 0.15) is 38.1 Å². The van der Waals surface area contributed by atoms with E-state index in [9.17, 15) is 24.0 Å². The summed E-state index contributed by atoms with van der Waals surface area (Å²) in [5.41, 5.74) is 0.359. The first-order chi connectivity index (χ1) is 16.6. The third-order valence-electron chi connectivity index (χ3n) is 4.68. The predicted molar refractivity (Wildman–Crippen MR) is 117 cm³/mol. The van der Waals surface area contributed by atoms with Gasteiger partial charge in [-0.25, -0.2) is 4.79 Å². The second kappa shape index (κ2) is 13.4. The molecule has 1 fully saturated rings. The van der Waals surface area contributed by atoms with Gasteiger partial charge in [0.1, 0.15) is 25.4 Å². The van der Waals surface area contributed by atoms with Gasteiger partial charge in [0.05, 0.1) is 12.2 Å². The molecule has 192 valence electrons. The van der Waals surface area contributed by atoms with Gasteiger partial charge in [-0.2, -0.15) is 0 Å². The average molecular weight is 495 g/mol. The summed E-state index contributed by atoms with van der Waals surface area (Å²) in [7, 11) is 0. The maximum atomic E-state index is 12.1. The Balaban J connectivity index is 2.18. The molecule has 1 heterocycles. The number of benzene rings is 1. The third-order valence-corrected chi connectivity index (χ3v) is 4.68. The van der Waals surface area contributed by atoms with Crippen molar-refractivity contribution >= 4 is 29.8 Å². The molecule has 5 atom stereocenters. The van der Waals surface area contributed by atoms with Crippen LogP contribution >= 0.6 is 0 Å². The van der Waals surface area contributed by atoms with E-state index >= 15 is 0 Å². The number of amides is 1. The van der Waals surface area contributed by atoms with Gasteiger partial charge in [0, 0.05) is 27.7 Å². The molecule has 35 heavy (non-hydrogen) atoms. The predicted octanol–water partition coefficient (Wildman–Crippen LogP) is 0.516. The van der Waals surface area contributed by atoms with E-state index in [2.05, 4.69) is 5.32 Å². The lowest BCUT2D eigenvalue weighted by molar-refractivity contribution is -0.278. The second-order valence-electron chi connectivity index (χ2n) is 7.59. The highest BCUT2D eigenvalue weighted by molar-refractivity contribution is 5.89. The molecule has 0 aliphatic carbocycles. The van der Waals surface area contributed by atoms with Crippen molar-refractivity contribution in [2.75, 3.05) is 19.8 Å². The number of hydrogen-bond acceptors (Lipinski definition) is 11. The summed E-state index contributed by atoms with van der Waals surface area (Å²) >= 11 is 0. The zero-order valence-electron chi connectivity index (χ0n) is 19.9. The van der Waals surface area contributed by atoms with Gasteiger partial charge in [-0.3, -0.25) is 19.2 Å². The zero-order valence-corrected chi connectivity index (χ0v) is 19.9. The molecule has 1 saturated heterocycles. The van der Waals surface area contributed by atoms with E-state index in [0.29, 0.717) is 5.56 Å². The van der Waals surface area contributed by atoms with Crippen molar-refractivity contribution in [3.05, 3.63) is 35.9 Å². The number of carbonyl (C=O) groups excluding carboxylic acids is 5. The number of rotatable bonds is 10. The van der Waals surface area contributed by atoms with Gasteiger partial charge in [-0.15, -0.1) is 0 Å². The summed E-state index contributed by atoms with van der Waals surface area (Å²) < 4.78 is 32.4. The van der Waals surface area contributed by atoms with Gasteiger partial charge < -0.3 is 33.7 Å². The van der Waals surface area contributed by atoms with Crippen molar-refractivity contribution in [2.45, 2.75) is 58.3 Å². The molecule has 1 aromatic carbocycles. The number of nitrogens with one attached hydrogen (secondary N) is 1. The van der Waals surface area contributed by atoms with Gasteiger partial charge in [0.25, 0.3) is 0 Å². The number of carbonyl (C=O) groups is 5. The highest BCUT2D eigenvalue weighted by atomic mass is 16.7. The summed E-state index contributed by atoms with van der Waals surface area (Å²) in [4.78, 5) is 58.9. The molecule has 0 saturated carbocycles. The number of hydrogen-bond donors (Lipinski definition) is 1. The SMILES string of the molecule is CC(=O)N[C@H]1[C@H](OCCOC(=O)c2ccccc2)O[C@H](COC(C)=O)[C@@H](OC(C)=O)[C@@H]1OC(C)=O. The van der Waals surface area contributed by atoms with Crippen molar-refractivity contribution in [3.63, 3.8) is 0 Å². The van der Waals surface area contributed by atoms with E-state index in [-0.39, 0.29) is 19.8 Å². The summed E-state index contributed by atoms with van der Waals surface area (Å²) in [6.45, 7) is 4.06. The van der Waals surface area contributed by atoms with Gasteiger partial charge in [0.2, 0.25) is 5.91 Å². The molecule has 12 heteroatoms. The second-order valence-corrected chi connectivity index (χ2v) is 7.59. The van der Waals surface area contributed by atoms with Gasteiger partial charge in [-0.05, 0) is 12.1 Å². The van der Waals surface area contributed by atoms with Crippen LogP contribution in [-0.2, 0) is 47.6 Å². The molecule has 0 radical (unpaired) electrons. The van der Waals surface area contributed by atoms with Crippen molar-refractivity contribution < 1.29 is 52.4 Å². The first-order valence-corrected chi connectivity index (χ1v) is 10.8. The maximum Gasteiger partial charge on any atom is 0.338 e. The van der Waals surface area contributed by atoms with Crippen LogP contribution in [0.4, 0.5) is 0 Å². The highest BCUT2D eigenvalue weighted by Crippen LogP contribution is 2.28. The van der Waals surface area contributed by atoms with E-state index < -0.39 is 60.4 Å². The Morgan fingerprint density at radius 2 is 1.46 bits per heavy atom. The first-order valence-electron chi connectivity index (χ1n) is 10.8. The molecule has 1 N–H and O–H groups in total. The molecule has 1 amide bonds. The fourth-order valence-corrected chi connectivity index (χ4v) is 3.39. The Kier molecular flexibility index (Phi) is 10.6. The minimum atomic E-state index is -1.23. The van der Waals surface area contributed by atoms with Crippen LogP contribution in [0, 0.1) is 0 Å². The smallest absolute Gasteiger partial charge is 0.338 e. The fraction of sp³-hybridized carbons (Fsp3) is 0.522. The Morgan fingerprint density at radius 1 is 0.829 bits per heavy atom. The molecular formula is C23H29NO11. The molecule has 0 aromatic heterocycles. The molecule has 1 aromatic rings. The Morgan fingerprint density at radius 3 is 2.03 bits per heavy atom. The maximum absolute atomic E-state index is 12.1. The van der Waals surface area contributed by atoms with Crippen LogP contribution in [-0.4, -0.2) is 80.2 Å². The molecule has 1 aliphatic heterocycles. The molecule has 1 aliphatic rings. The summed E-state index contributed by atoms with van der Waals surface area (Å²) in [6.07, 6.45) is -4.77. The largest absolute Gasteiger partial charge is 0.463 e. The van der Waals surface area contributed by atoms with E-state index in [1.807, 2.05) is 0 Å². The van der Waals surface area contributed by atoms with Gasteiger partial charge >= 0.3 is 23.9 Å². The fourth-order valence-electron chi connectivity index (χ4n) is 3.39. The Labute approximate surface area is 202 Å². The first kappa shape index (κ1) is 27.7. The van der Waals surface area contributed by atoms with Crippen LogP contribution in [0.5, 0.6) is 0 Å². The Hall–Kier alpha value is -3.51. The normalized spacial score (nSPS) is 23.5. The van der Waals surface area contributed by atoms with Crippen molar-refractivity contribution in [3.8, 4) is 0 Å². The van der Waals surface area contributed by atoms with Gasteiger partial charge in [0.15, 0.2) is 18.5 Å². The van der Waals surface area contributed by atoms with E-state index in [1.54, 1.807) is 30.3 Å². The minimum absolute atomic E-state index is 0.148. The van der Waals surface area contributed by atoms with Crippen molar-refractivity contribution in [1.29, 1.82) is 0 Å². The van der Waals surface area contributed by atoms with Crippen molar-refractivity contribution in [1.82, 2.24) is 5.32 Å². The van der Waals surface area contributed by atoms with E-state index in [1.165, 1.54) is 13.8 Å². The Bertz CT molecular complexity index is 904. The lowest BCUT2D eigenvalue weighted by atomic mass is 9.96. The summed E-state index contributed by atoms with van der Waals surface area (Å²) in [5.74, 6) is -3.10. The topological polar surface area (TPSA) is 153 Å². The quantitative estimate of drug-likeness (QED) is 0.274. The molecule has 0 spiro atoms. The van der Waals surface area contributed by atoms with Crippen LogP contribution in [0.15, 0.2) is 30.3 Å². The van der Waals surface area contributed by atoms with Gasteiger partial charge in [-0.1, -0.05) is 18.2 Å². The van der Waals surface area contributed by atoms with Crippen LogP contribution in [0.25, 0.3) is 0 Å². The standard InChI is InChI=1S/C23H29NO11/c1-13(25)24-19-21(34-16(4)28)20(33-15(3)27)18(12-32-14(2)26)35-23(19)31-11-10-30-22(29)17-8-6-5-7-9-17/h5-9,18-21,23H,10-12H2,1-4H3,(H,24,25)/t18-,19-,20-,21-,23-/m1/s1. The third kappa shape index (κ3) is 8.98. The highest BCUT2D eigenvalue weighted by Gasteiger charge is 2.51. The lowest BCUT2D eigenvalue weighted by Gasteiger charge is -2.44. The number of esters is 4. The van der Waals surface area contributed by atoms with Crippen LogP contribution in [0.3, 0.4) is 0 Å². The lowest BCUT2D eigenvalue weighted by Crippen LogP contribution is -2.66. The molecule has 12 nitrogen and oxygen atoms in total. The molecule has 2 rings (SSSR count). The monoisotopic (exact) mass is 495 g/mol. The zero-order chi connectivity index (χ0) is 26.0. The number of ether oxygens (including phenoxy) is 6. The van der Waals surface area contributed by atoms with Crippen LogP contribution in [0.2, 0.25) is 0 Å². The summed E-state index contributed by atoms with van der Waals surface area (Å²) in [5, 5.41) is 2.58. The average Bonchev–Trinajstić information content (AvgIpc) is 2.78. The summed E-state index contributed by atoms with van der Waals surface area (Å²) in [6, 6.07) is 7.24. The molecule has 0 unspecified atom stereocenters. The molecular weight excluding hydrogens is 466 g/mol. The molecule has 0 bridgehead atoms. The van der Waals surface area contributed by atoms with E-state index in [0.717, 1.165) is 13.8 Å². The van der Waals surface area contributed by atoms with Crippen molar-refractivity contribution in [2.24, 2.45) is 0 Å². The van der Waals surface area contributed by atoms with E-state index in [4.69, 9.17) is 28.4 Å². The minimum Gasteiger partial charge on any atom is -0.463 e.